The molecule has 17 heavy (non-hydrogen) atoms. The molecule has 1 aromatic rings. The van der Waals surface area contributed by atoms with Crippen LogP contribution in [0.15, 0.2) is 16.6 Å². The van der Waals surface area contributed by atoms with Gasteiger partial charge in [-0.05, 0) is 23.6 Å². The summed E-state index contributed by atoms with van der Waals surface area (Å²) in [6.45, 7) is 1.44. The van der Waals surface area contributed by atoms with Gasteiger partial charge in [0.15, 0.2) is 0 Å². The minimum Gasteiger partial charge on any atom is -0.344 e. The Morgan fingerprint density at radius 3 is 2.35 bits per heavy atom. The van der Waals surface area contributed by atoms with Gasteiger partial charge in [-0.15, -0.1) is 0 Å². The molecule has 0 amide bonds. The van der Waals surface area contributed by atoms with E-state index in [-0.39, 0.29) is 11.1 Å². The van der Waals surface area contributed by atoms with Crippen molar-refractivity contribution in [3.8, 4) is 0 Å². The summed E-state index contributed by atoms with van der Waals surface area (Å²) in [5.74, 6) is -3.50. The Labute approximate surface area is 104 Å². The lowest BCUT2D eigenvalue weighted by Crippen LogP contribution is -2.27. The van der Waals surface area contributed by atoms with Crippen molar-refractivity contribution < 1.29 is 27.8 Å². The highest BCUT2D eigenvalue weighted by Gasteiger charge is 2.28. The summed E-state index contributed by atoms with van der Waals surface area (Å²) in [6, 6.07) is 1.77. The lowest BCUT2D eigenvalue weighted by molar-refractivity contribution is -0.248. The molecule has 1 aromatic carbocycles. The maximum Gasteiger partial charge on any atom is 0.260 e. The maximum absolute atomic E-state index is 13.4. The third-order valence-electron chi connectivity index (χ3n) is 1.87. The van der Waals surface area contributed by atoms with Gasteiger partial charge in [0.25, 0.3) is 6.29 Å². The maximum atomic E-state index is 13.4. The van der Waals surface area contributed by atoms with Crippen molar-refractivity contribution in [2.24, 2.45) is 0 Å². The zero-order valence-electron chi connectivity index (χ0n) is 8.68. The fraction of sp³-hybridized carbons (Fsp3) is 0.300. The van der Waals surface area contributed by atoms with Crippen LogP contribution in [0.2, 0.25) is 0 Å². The summed E-state index contributed by atoms with van der Waals surface area (Å²) in [4.78, 5) is 14.8. The van der Waals surface area contributed by atoms with Crippen LogP contribution in [0.1, 0.15) is 17.3 Å². The molecule has 0 aliphatic carbocycles. The molecule has 0 bridgehead atoms. The quantitative estimate of drug-likeness (QED) is 0.619. The third kappa shape index (κ3) is 3.27. The number of Topliss-reactive ketones (excluding diaryl/α,β-unsaturated/α-hetero) is 1. The molecule has 0 aliphatic heterocycles. The Hall–Kier alpha value is -0.920. The fourth-order valence-electron chi connectivity index (χ4n) is 1.19. The second-order valence-electron chi connectivity index (χ2n) is 2.99. The summed E-state index contributed by atoms with van der Waals surface area (Å²) >= 11 is 2.85. The predicted molar refractivity (Wildman–Crippen MR) is 56.0 cm³/mol. The number of hydrogen-bond donors (Lipinski definition) is 0. The zero-order valence-corrected chi connectivity index (χ0v) is 10.3. The fourth-order valence-corrected chi connectivity index (χ4v) is 1.59. The molecule has 0 saturated heterocycles. The molecule has 0 saturated carbocycles. The molecule has 0 fully saturated rings. The Balaban J connectivity index is 3.11. The molecule has 0 spiro atoms. The van der Waals surface area contributed by atoms with Crippen molar-refractivity contribution in [3.63, 3.8) is 0 Å². The van der Waals surface area contributed by atoms with Crippen LogP contribution < -0.4 is 0 Å². The van der Waals surface area contributed by atoms with Gasteiger partial charge in [0.05, 0.1) is 5.56 Å². The van der Waals surface area contributed by atoms with Crippen LogP contribution in [0.25, 0.3) is 0 Å². The molecule has 0 N–H and O–H groups in total. The molecule has 3 nitrogen and oxygen atoms in total. The van der Waals surface area contributed by atoms with Crippen LogP contribution in [-0.2, 0) is 9.68 Å². The number of benzene rings is 1. The molecule has 0 heterocycles. The molecule has 1 rings (SSSR count). The first-order chi connectivity index (χ1) is 8.01. The van der Waals surface area contributed by atoms with Crippen LogP contribution in [0.3, 0.4) is 0 Å². The minimum absolute atomic E-state index is 0.0416. The van der Waals surface area contributed by atoms with Crippen LogP contribution in [0.4, 0.5) is 13.3 Å². The van der Waals surface area contributed by atoms with E-state index in [1.165, 1.54) is 6.92 Å². The summed E-state index contributed by atoms with van der Waals surface area (Å²) in [5, 5.41) is 0. The van der Waals surface area contributed by atoms with Gasteiger partial charge < -0.3 is 4.74 Å². The van der Waals surface area contributed by atoms with Gasteiger partial charge in [0.1, 0.15) is 11.6 Å². The second-order valence-corrected chi connectivity index (χ2v) is 3.90. The average Bonchev–Trinajstić information content (AvgIpc) is 2.24. The normalized spacial score (nSPS) is 12.5. The minimum atomic E-state index is -1.97. The van der Waals surface area contributed by atoms with E-state index in [1.807, 2.05) is 0 Å². The van der Waals surface area contributed by atoms with Gasteiger partial charge in [-0.1, -0.05) is 15.9 Å². The molecule has 0 radical (unpaired) electrons. The molecule has 1 atom stereocenters. The molecule has 0 aromatic heterocycles. The van der Waals surface area contributed by atoms with Gasteiger partial charge in [0, 0.05) is 11.1 Å². The second kappa shape index (κ2) is 6.13. The van der Waals surface area contributed by atoms with E-state index in [0.717, 1.165) is 12.1 Å². The number of carbonyl (C=O) groups excluding carboxylic acids is 1. The molecule has 0 aliphatic rings. The first kappa shape index (κ1) is 14.1. The van der Waals surface area contributed by atoms with E-state index in [0.29, 0.717) is 0 Å². The molecule has 94 valence electrons. The van der Waals surface area contributed by atoms with Gasteiger partial charge >= 0.3 is 0 Å². The topological polar surface area (TPSA) is 35.5 Å². The van der Waals surface area contributed by atoms with Crippen LogP contribution in [0, 0.1) is 11.6 Å². The molecular formula is C10H8BrF3O3. The summed E-state index contributed by atoms with van der Waals surface area (Å²) < 4.78 is 43.5. The number of hydrogen-bond acceptors (Lipinski definition) is 3. The van der Waals surface area contributed by atoms with Crippen LogP contribution in [-0.4, -0.2) is 18.7 Å². The Morgan fingerprint density at radius 1 is 1.41 bits per heavy atom. The highest BCUT2D eigenvalue weighted by atomic mass is 79.9. The monoisotopic (exact) mass is 312 g/mol. The van der Waals surface area contributed by atoms with E-state index in [4.69, 9.17) is 0 Å². The molecule has 7 heteroatoms. The number of carbonyl (C=O) groups is 1. The molecular weight excluding hydrogens is 305 g/mol. The van der Waals surface area contributed by atoms with Gasteiger partial charge in [-0.3, -0.25) is 4.79 Å². The van der Waals surface area contributed by atoms with Crippen molar-refractivity contribution in [2.75, 3.05) is 6.61 Å². The van der Waals surface area contributed by atoms with Gasteiger partial charge in [-0.25, -0.2) is 8.78 Å². The smallest absolute Gasteiger partial charge is 0.260 e. The zero-order chi connectivity index (χ0) is 13.0. The number of rotatable bonds is 5. The lowest BCUT2D eigenvalue weighted by atomic mass is 10.1. The Kier molecular flexibility index (Phi) is 5.10. The highest BCUT2D eigenvalue weighted by molar-refractivity contribution is 9.10. The number of ketones is 1. The largest absolute Gasteiger partial charge is 0.344 e. The number of ether oxygens (including phenoxy) is 1. The Morgan fingerprint density at radius 2 is 1.94 bits per heavy atom. The van der Waals surface area contributed by atoms with Crippen molar-refractivity contribution in [1.29, 1.82) is 0 Å². The third-order valence-corrected chi connectivity index (χ3v) is 2.32. The van der Waals surface area contributed by atoms with E-state index < -0.39 is 29.3 Å². The predicted octanol–water partition coefficient (Wildman–Crippen LogP) is 3.17. The summed E-state index contributed by atoms with van der Waals surface area (Å²) in [7, 11) is 0. The van der Waals surface area contributed by atoms with Crippen LogP contribution >= 0.6 is 15.9 Å². The SMILES string of the molecule is CCOC(OF)C(=O)c1c(F)cc(Br)cc1F. The van der Waals surface area contributed by atoms with E-state index >= 15 is 0 Å². The first-order valence-electron chi connectivity index (χ1n) is 4.59. The van der Waals surface area contributed by atoms with E-state index in [2.05, 4.69) is 25.6 Å². The summed E-state index contributed by atoms with van der Waals surface area (Å²) in [6.07, 6.45) is -1.97. The first-order valence-corrected chi connectivity index (χ1v) is 5.38. The van der Waals surface area contributed by atoms with Crippen LogP contribution in [0.5, 0.6) is 0 Å². The standard InChI is InChI=1S/C10H8BrF3O3/c1-2-16-10(17-14)9(15)8-6(12)3-5(11)4-7(8)13/h3-4,10H,2H2,1H3. The van der Waals surface area contributed by atoms with Crippen molar-refractivity contribution in [1.82, 2.24) is 0 Å². The summed E-state index contributed by atoms with van der Waals surface area (Å²) in [5.41, 5.74) is -0.899. The van der Waals surface area contributed by atoms with E-state index in [1.54, 1.807) is 0 Å². The number of halogens is 4. The highest BCUT2D eigenvalue weighted by Crippen LogP contribution is 2.21. The average molecular weight is 313 g/mol. The van der Waals surface area contributed by atoms with Gasteiger partial charge in [-0.2, -0.15) is 4.94 Å². The van der Waals surface area contributed by atoms with Crippen molar-refractivity contribution in [2.45, 2.75) is 13.2 Å². The van der Waals surface area contributed by atoms with Gasteiger partial charge in [0.2, 0.25) is 5.78 Å². The lowest BCUT2D eigenvalue weighted by Gasteiger charge is -2.11. The molecule has 1 unspecified atom stereocenters. The van der Waals surface area contributed by atoms with Crippen molar-refractivity contribution >= 4 is 21.7 Å². The van der Waals surface area contributed by atoms with Crippen molar-refractivity contribution in [3.05, 3.63) is 33.8 Å². The Bertz CT molecular complexity index is 402. The van der Waals surface area contributed by atoms with E-state index in [9.17, 15) is 18.1 Å².